The predicted octanol–water partition coefficient (Wildman–Crippen LogP) is 3.48. The molecule has 0 saturated carbocycles. The molecule has 0 amide bonds. The molecule has 0 saturated heterocycles. The normalized spacial score (nSPS) is 9.95. The van der Waals surface area contributed by atoms with Crippen molar-refractivity contribution in [2.45, 2.75) is 33.6 Å². The third-order valence-electron chi connectivity index (χ3n) is 2.55. The Morgan fingerprint density at radius 3 is 2.42 bits per heavy atom. The molecular formula is C15H18FN3. The van der Waals surface area contributed by atoms with Crippen LogP contribution in [0, 0.1) is 18.2 Å². The molecule has 2 aromatic rings. The Morgan fingerprint density at radius 1 is 1.26 bits per heavy atom. The van der Waals surface area contributed by atoms with E-state index in [4.69, 9.17) is 12.2 Å². The predicted molar refractivity (Wildman–Crippen MR) is 77.3 cm³/mol. The summed E-state index contributed by atoms with van der Waals surface area (Å²) in [6.07, 6.45) is 5.35. The molecule has 0 unspecified atom stereocenters. The van der Waals surface area contributed by atoms with Crippen molar-refractivity contribution in [2.75, 3.05) is 5.73 Å². The maximum atomic E-state index is 13.6. The van der Waals surface area contributed by atoms with Gasteiger partial charge in [-0.05, 0) is 18.1 Å². The molecule has 100 valence electrons. The summed E-state index contributed by atoms with van der Waals surface area (Å²) in [7, 11) is 0. The average Bonchev–Trinajstić information content (AvgIpc) is 2.40. The van der Waals surface area contributed by atoms with Crippen LogP contribution in [-0.2, 0) is 0 Å². The van der Waals surface area contributed by atoms with Crippen LogP contribution in [0.25, 0.3) is 10.9 Å². The van der Waals surface area contributed by atoms with Crippen LogP contribution in [-0.4, -0.2) is 9.97 Å². The fraction of sp³-hybridized carbons (Fsp3) is 0.333. The zero-order valence-corrected chi connectivity index (χ0v) is 11.7. The van der Waals surface area contributed by atoms with Crippen molar-refractivity contribution in [2.24, 2.45) is 0 Å². The maximum Gasteiger partial charge on any atom is 0.220 e. The summed E-state index contributed by atoms with van der Waals surface area (Å²) in [6.45, 7) is 7.90. The zero-order chi connectivity index (χ0) is 14.6. The molecule has 0 radical (unpaired) electrons. The molecule has 19 heavy (non-hydrogen) atoms. The van der Waals surface area contributed by atoms with Gasteiger partial charge in [-0.15, -0.1) is 6.42 Å². The molecule has 2 rings (SSSR count). The van der Waals surface area contributed by atoms with Crippen LogP contribution < -0.4 is 5.73 Å². The molecule has 3 nitrogen and oxygen atoms in total. The van der Waals surface area contributed by atoms with E-state index >= 15 is 0 Å². The number of rotatable bonds is 1. The SMILES string of the molecule is C#Cc1c(F)ccc2nc(N)nc(C(C)C)c12.CC. The Hall–Kier alpha value is -2.15. The Morgan fingerprint density at radius 2 is 1.89 bits per heavy atom. The molecule has 0 fully saturated rings. The lowest BCUT2D eigenvalue weighted by Crippen LogP contribution is -2.04. The number of fused-ring (bicyclic) bond motifs is 1. The minimum atomic E-state index is -0.435. The number of anilines is 1. The minimum absolute atomic E-state index is 0.0942. The van der Waals surface area contributed by atoms with E-state index < -0.39 is 5.82 Å². The van der Waals surface area contributed by atoms with Gasteiger partial charge >= 0.3 is 0 Å². The van der Waals surface area contributed by atoms with E-state index in [1.807, 2.05) is 27.7 Å². The van der Waals surface area contributed by atoms with Crippen molar-refractivity contribution >= 4 is 16.9 Å². The second-order valence-corrected chi connectivity index (χ2v) is 4.08. The number of halogens is 1. The van der Waals surface area contributed by atoms with Crippen molar-refractivity contribution < 1.29 is 4.39 Å². The number of nitrogen functional groups attached to an aromatic ring is 1. The summed E-state index contributed by atoms with van der Waals surface area (Å²) in [5, 5.41) is 0.580. The van der Waals surface area contributed by atoms with Gasteiger partial charge in [0.05, 0.1) is 16.8 Å². The highest BCUT2D eigenvalue weighted by Gasteiger charge is 2.15. The summed E-state index contributed by atoms with van der Waals surface area (Å²) in [5.74, 6) is 2.19. The van der Waals surface area contributed by atoms with E-state index in [-0.39, 0.29) is 17.4 Å². The van der Waals surface area contributed by atoms with Gasteiger partial charge in [0.2, 0.25) is 5.95 Å². The quantitative estimate of drug-likeness (QED) is 0.798. The first kappa shape index (κ1) is 14.9. The highest BCUT2D eigenvalue weighted by Crippen LogP contribution is 2.27. The molecule has 0 spiro atoms. The average molecular weight is 259 g/mol. The number of hydrogen-bond acceptors (Lipinski definition) is 3. The van der Waals surface area contributed by atoms with E-state index in [9.17, 15) is 4.39 Å². The first-order chi connectivity index (χ1) is 9.04. The van der Waals surface area contributed by atoms with Crippen LogP contribution in [0.3, 0.4) is 0 Å². The van der Waals surface area contributed by atoms with Crippen LogP contribution in [0.4, 0.5) is 10.3 Å². The van der Waals surface area contributed by atoms with Crippen LogP contribution in [0.1, 0.15) is 44.9 Å². The molecule has 2 N–H and O–H groups in total. The fourth-order valence-electron chi connectivity index (χ4n) is 1.81. The third kappa shape index (κ3) is 2.82. The molecule has 1 aromatic carbocycles. The molecule has 0 aliphatic carbocycles. The van der Waals surface area contributed by atoms with Crippen LogP contribution in [0.5, 0.6) is 0 Å². The molecule has 4 heteroatoms. The van der Waals surface area contributed by atoms with Crippen LogP contribution >= 0.6 is 0 Å². The fourth-order valence-corrected chi connectivity index (χ4v) is 1.81. The highest BCUT2D eigenvalue weighted by molar-refractivity contribution is 5.88. The van der Waals surface area contributed by atoms with Gasteiger partial charge in [-0.25, -0.2) is 14.4 Å². The Bertz CT molecular complexity index is 627. The number of benzene rings is 1. The van der Waals surface area contributed by atoms with Gasteiger partial charge in [0.25, 0.3) is 0 Å². The second-order valence-electron chi connectivity index (χ2n) is 4.08. The summed E-state index contributed by atoms with van der Waals surface area (Å²) < 4.78 is 13.6. The van der Waals surface area contributed by atoms with Crippen molar-refractivity contribution in [3.63, 3.8) is 0 Å². The lowest BCUT2D eigenvalue weighted by molar-refractivity contribution is 0.626. The van der Waals surface area contributed by atoms with Gasteiger partial charge in [0.1, 0.15) is 5.82 Å². The number of terminal acetylenes is 1. The van der Waals surface area contributed by atoms with Crippen LogP contribution in [0.2, 0.25) is 0 Å². The summed E-state index contributed by atoms with van der Waals surface area (Å²) in [4.78, 5) is 8.23. The van der Waals surface area contributed by atoms with Crippen molar-refractivity contribution in [3.8, 4) is 12.3 Å². The van der Waals surface area contributed by atoms with Gasteiger partial charge in [0.15, 0.2) is 0 Å². The standard InChI is InChI=1S/C13H12FN3.C2H6/c1-4-8-9(14)5-6-10-11(8)12(7(2)3)17-13(15)16-10;1-2/h1,5-7H,2-3H3,(H2,15,16,17);1-2H3. The number of nitrogens with zero attached hydrogens (tertiary/aromatic N) is 2. The molecule has 1 aromatic heterocycles. The van der Waals surface area contributed by atoms with Gasteiger partial charge < -0.3 is 5.73 Å². The van der Waals surface area contributed by atoms with Gasteiger partial charge in [-0.1, -0.05) is 33.6 Å². The van der Waals surface area contributed by atoms with E-state index in [1.165, 1.54) is 6.07 Å². The Kier molecular flexibility index (Phi) is 4.82. The number of aromatic nitrogens is 2. The second kappa shape index (κ2) is 6.14. The van der Waals surface area contributed by atoms with Crippen molar-refractivity contribution in [3.05, 3.63) is 29.2 Å². The monoisotopic (exact) mass is 259 g/mol. The molecule has 0 bridgehead atoms. The third-order valence-corrected chi connectivity index (χ3v) is 2.55. The Labute approximate surface area is 113 Å². The first-order valence-electron chi connectivity index (χ1n) is 6.26. The molecule has 0 atom stereocenters. The Balaban J connectivity index is 0.000000861. The lowest BCUT2D eigenvalue weighted by Gasteiger charge is -2.11. The van der Waals surface area contributed by atoms with E-state index in [0.717, 1.165) is 0 Å². The summed E-state index contributed by atoms with van der Waals surface area (Å²) >= 11 is 0. The minimum Gasteiger partial charge on any atom is -0.368 e. The van der Waals surface area contributed by atoms with Gasteiger partial charge in [-0.3, -0.25) is 0 Å². The molecule has 0 aliphatic heterocycles. The van der Waals surface area contributed by atoms with Crippen molar-refractivity contribution in [1.29, 1.82) is 0 Å². The van der Waals surface area contributed by atoms with Gasteiger partial charge in [0, 0.05) is 5.39 Å². The summed E-state index contributed by atoms with van der Waals surface area (Å²) in [6, 6.07) is 2.86. The largest absolute Gasteiger partial charge is 0.368 e. The molecular weight excluding hydrogens is 241 g/mol. The molecule has 0 aliphatic rings. The van der Waals surface area contributed by atoms with E-state index in [2.05, 4.69) is 15.9 Å². The highest BCUT2D eigenvalue weighted by atomic mass is 19.1. The summed E-state index contributed by atoms with van der Waals surface area (Å²) in [5.41, 5.74) is 7.08. The van der Waals surface area contributed by atoms with Crippen LogP contribution in [0.15, 0.2) is 12.1 Å². The van der Waals surface area contributed by atoms with E-state index in [1.54, 1.807) is 6.07 Å². The zero-order valence-electron chi connectivity index (χ0n) is 11.7. The molecule has 1 heterocycles. The van der Waals surface area contributed by atoms with E-state index in [0.29, 0.717) is 16.6 Å². The topological polar surface area (TPSA) is 51.8 Å². The smallest absolute Gasteiger partial charge is 0.220 e. The van der Waals surface area contributed by atoms with Gasteiger partial charge in [-0.2, -0.15) is 0 Å². The first-order valence-corrected chi connectivity index (χ1v) is 6.26. The lowest BCUT2D eigenvalue weighted by atomic mass is 10.00. The number of hydrogen-bond donors (Lipinski definition) is 1. The van der Waals surface area contributed by atoms with Crippen molar-refractivity contribution in [1.82, 2.24) is 9.97 Å². The maximum absolute atomic E-state index is 13.6. The number of nitrogens with two attached hydrogens (primary N) is 1.